The van der Waals surface area contributed by atoms with Gasteiger partial charge >= 0.3 is 0 Å². The van der Waals surface area contributed by atoms with E-state index in [4.69, 9.17) is 17.0 Å². The van der Waals surface area contributed by atoms with Gasteiger partial charge in [-0.1, -0.05) is 6.92 Å². The van der Waals surface area contributed by atoms with E-state index in [0.29, 0.717) is 30.3 Å². The lowest BCUT2D eigenvalue weighted by Gasteiger charge is -2.14. The number of rotatable bonds is 4. The lowest BCUT2D eigenvalue weighted by molar-refractivity contribution is -0.131. The van der Waals surface area contributed by atoms with Crippen molar-refractivity contribution in [2.24, 2.45) is 13.0 Å². The molecule has 0 bridgehead atoms. The van der Waals surface area contributed by atoms with Crippen LogP contribution in [-0.4, -0.2) is 39.9 Å². The number of hydrogen-bond acceptors (Lipinski definition) is 4. The summed E-state index contributed by atoms with van der Waals surface area (Å²) < 4.78 is 7.79. The predicted molar refractivity (Wildman–Crippen MR) is 68.6 cm³/mol. The maximum atomic E-state index is 11.8. The number of aromatic nitrogens is 3. The minimum Gasteiger partial charge on any atom is -0.368 e. The summed E-state index contributed by atoms with van der Waals surface area (Å²) >= 11 is 5.02. The Morgan fingerprint density at radius 1 is 1.72 bits per heavy atom. The number of nitrogens with zero attached hydrogens (tertiary/aromatic N) is 2. The van der Waals surface area contributed by atoms with Gasteiger partial charge in [0.1, 0.15) is 11.9 Å². The van der Waals surface area contributed by atoms with E-state index in [1.807, 2.05) is 14.0 Å². The van der Waals surface area contributed by atoms with Crippen LogP contribution in [0.25, 0.3) is 0 Å². The third-order valence-electron chi connectivity index (χ3n) is 3.27. The minimum atomic E-state index is -0.299. The zero-order chi connectivity index (χ0) is 13.1. The largest absolute Gasteiger partial charge is 0.368 e. The number of carbonyl (C=O) groups excluding carboxylic acids is 1. The Kier molecular flexibility index (Phi) is 4.13. The summed E-state index contributed by atoms with van der Waals surface area (Å²) in [5.74, 6) is 1.10. The third-order valence-corrected chi connectivity index (χ3v) is 3.63. The molecule has 2 rings (SSSR count). The first-order valence-electron chi connectivity index (χ1n) is 6.09. The van der Waals surface area contributed by atoms with Gasteiger partial charge in [-0.3, -0.25) is 9.89 Å². The van der Waals surface area contributed by atoms with Crippen molar-refractivity contribution < 1.29 is 9.53 Å². The highest BCUT2D eigenvalue weighted by atomic mass is 32.1. The summed E-state index contributed by atoms with van der Waals surface area (Å²) in [5.41, 5.74) is 0. The first kappa shape index (κ1) is 13.2. The van der Waals surface area contributed by atoms with Crippen molar-refractivity contribution >= 4 is 18.1 Å². The molecule has 1 aliphatic heterocycles. The molecular weight excluding hydrogens is 252 g/mol. The van der Waals surface area contributed by atoms with E-state index >= 15 is 0 Å². The van der Waals surface area contributed by atoms with E-state index in [9.17, 15) is 4.79 Å². The Morgan fingerprint density at radius 3 is 3.06 bits per heavy atom. The second-order valence-corrected chi connectivity index (χ2v) is 4.99. The molecule has 2 heterocycles. The van der Waals surface area contributed by atoms with Crippen LogP contribution in [0.1, 0.15) is 19.2 Å². The van der Waals surface area contributed by atoms with Gasteiger partial charge in [-0.05, 0) is 24.6 Å². The van der Waals surface area contributed by atoms with Crippen LogP contribution in [0.5, 0.6) is 0 Å². The summed E-state index contributed by atoms with van der Waals surface area (Å²) in [6.07, 6.45) is 1.30. The van der Waals surface area contributed by atoms with Crippen LogP contribution in [0, 0.1) is 10.7 Å². The molecule has 1 fully saturated rings. The van der Waals surface area contributed by atoms with Crippen LogP contribution >= 0.6 is 12.2 Å². The zero-order valence-corrected chi connectivity index (χ0v) is 11.4. The molecule has 1 aromatic heterocycles. The van der Waals surface area contributed by atoms with Gasteiger partial charge in [0.05, 0.1) is 0 Å². The van der Waals surface area contributed by atoms with Crippen LogP contribution in [0.3, 0.4) is 0 Å². The zero-order valence-electron chi connectivity index (χ0n) is 10.6. The fourth-order valence-electron chi connectivity index (χ4n) is 2.03. The Morgan fingerprint density at radius 2 is 2.50 bits per heavy atom. The smallest absolute Gasteiger partial charge is 0.249 e. The highest BCUT2D eigenvalue weighted by molar-refractivity contribution is 7.71. The van der Waals surface area contributed by atoms with Crippen LogP contribution in [0.15, 0.2) is 0 Å². The van der Waals surface area contributed by atoms with Gasteiger partial charge in [0.15, 0.2) is 4.77 Å². The van der Waals surface area contributed by atoms with Crippen molar-refractivity contribution in [3.05, 3.63) is 10.6 Å². The molecule has 18 heavy (non-hydrogen) atoms. The van der Waals surface area contributed by atoms with Crippen LogP contribution in [0.2, 0.25) is 0 Å². The first-order chi connectivity index (χ1) is 8.59. The molecule has 0 saturated carbocycles. The van der Waals surface area contributed by atoms with Crippen molar-refractivity contribution in [1.29, 1.82) is 0 Å². The second-order valence-electron chi connectivity index (χ2n) is 4.60. The van der Waals surface area contributed by atoms with Crippen LogP contribution < -0.4 is 5.32 Å². The fourth-order valence-corrected chi connectivity index (χ4v) is 2.18. The van der Waals surface area contributed by atoms with Gasteiger partial charge in [0.2, 0.25) is 5.91 Å². The predicted octanol–water partition coefficient (Wildman–Crippen LogP) is 0.561. The molecule has 7 heteroatoms. The number of amides is 1. The molecule has 0 aliphatic carbocycles. The number of aromatic amines is 1. The highest BCUT2D eigenvalue weighted by Gasteiger charge is 2.30. The van der Waals surface area contributed by atoms with Crippen molar-refractivity contribution in [3.63, 3.8) is 0 Å². The molecule has 0 spiro atoms. The minimum absolute atomic E-state index is 0.0308. The Bertz CT molecular complexity index is 482. The second kappa shape index (κ2) is 5.62. The first-order valence-corrected chi connectivity index (χ1v) is 6.50. The highest BCUT2D eigenvalue weighted by Crippen LogP contribution is 2.19. The summed E-state index contributed by atoms with van der Waals surface area (Å²) in [6.45, 7) is 3.25. The Balaban J connectivity index is 1.80. The molecule has 6 nitrogen and oxygen atoms in total. The third kappa shape index (κ3) is 2.78. The molecular formula is C11H18N4O2S. The van der Waals surface area contributed by atoms with E-state index in [-0.39, 0.29) is 12.0 Å². The molecule has 1 aromatic rings. The molecule has 2 N–H and O–H groups in total. The average Bonchev–Trinajstić information content (AvgIpc) is 2.89. The van der Waals surface area contributed by atoms with Gasteiger partial charge in [0, 0.05) is 26.6 Å². The van der Waals surface area contributed by atoms with Gasteiger partial charge < -0.3 is 14.6 Å². The maximum Gasteiger partial charge on any atom is 0.249 e. The lowest BCUT2D eigenvalue weighted by Crippen LogP contribution is -2.38. The summed E-state index contributed by atoms with van der Waals surface area (Å²) in [7, 11) is 1.85. The number of nitrogens with one attached hydrogen (secondary N) is 2. The normalized spacial score (nSPS) is 23.2. The number of hydrogen-bond donors (Lipinski definition) is 2. The van der Waals surface area contributed by atoms with Gasteiger partial charge in [-0.15, -0.1) is 0 Å². The van der Waals surface area contributed by atoms with E-state index < -0.39 is 0 Å². The quantitative estimate of drug-likeness (QED) is 0.784. The van der Waals surface area contributed by atoms with Gasteiger partial charge in [0.25, 0.3) is 0 Å². The van der Waals surface area contributed by atoms with Crippen LogP contribution in [0.4, 0.5) is 0 Å². The molecule has 1 amide bonds. The summed E-state index contributed by atoms with van der Waals surface area (Å²) in [4.78, 5) is 11.8. The topological polar surface area (TPSA) is 71.9 Å². The SMILES string of the molecule is C[C@@H]1CCO[C@H]1C(=O)NCCc1n[nH]c(=S)n1C. The van der Waals surface area contributed by atoms with Crippen molar-refractivity contribution in [2.45, 2.75) is 25.9 Å². The van der Waals surface area contributed by atoms with E-state index in [1.54, 1.807) is 4.57 Å². The van der Waals surface area contributed by atoms with Crippen molar-refractivity contribution in [3.8, 4) is 0 Å². The molecule has 0 unspecified atom stereocenters. The molecule has 0 aromatic carbocycles. The monoisotopic (exact) mass is 270 g/mol. The number of ether oxygens (including phenoxy) is 1. The number of carbonyl (C=O) groups is 1. The van der Waals surface area contributed by atoms with Crippen LogP contribution in [-0.2, 0) is 23.0 Å². The molecule has 100 valence electrons. The molecule has 0 radical (unpaired) electrons. The maximum absolute atomic E-state index is 11.8. The van der Waals surface area contributed by atoms with Gasteiger partial charge in [-0.25, -0.2) is 0 Å². The Hall–Kier alpha value is -1.21. The van der Waals surface area contributed by atoms with Crippen molar-refractivity contribution in [2.75, 3.05) is 13.2 Å². The number of H-pyrrole nitrogens is 1. The molecule has 2 atom stereocenters. The Labute approximate surface area is 111 Å². The van der Waals surface area contributed by atoms with E-state index in [2.05, 4.69) is 15.5 Å². The molecule has 1 saturated heterocycles. The fraction of sp³-hybridized carbons (Fsp3) is 0.727. The van der Waals surface area contributed by atoms with Crippen molar-refractivity contribution in [1.82, 2.24) is 20.1 Å². The average molecular weight is 270 g/mol. The standard InChI is InChI=1S/C11H18N4O2S/c1-7-4-6-17-9(7)10(16)12-5-3-8-13-14-11(18)15(8)2/h7,9H,3-6H2,1-2H3,(H,12,16)(H,14,18)/t7-,9-/m1/s1. The summed E-state index contributed by atoms with van der Waals surface area (Å²) in [5, 5.41) is 9.68. The van der Waals surface area contributed by atoms with E-state index in [0.717, 1.165) is 12.2 Å². The van der Waals surface area contributed by atoms with E-state index in [1.165, 1.54) is 0 Å². The lowest BCUT2D eigenvalue weighted by atomic mass is 10.0. The summed E-state index contributed by atoms with van der Waals surface area (Å²) in [6, 6.07) is 0. The molecule has 1 aliphatic rings. The van der Waals surface area contributed by atoms with Gasteiger partial charge in [-0.2, -0.15) is 5.10 Å².